The van der Waals surface area contributed by atoms with E-state index in [4.69, 9.17) is 28.8 Å². The molecule has 3 heterocycles. The first kappa shape index (κ1) is 35.9. The molecule has 11 atom stereocenters. The number of esters is 1. The summed E-state index contributed by atoms with van der Waals surface area (Å²) in [7, 11) is 0. The summed E-state index contributed by atoms with van der Waals surface area (Å²) in [5.74, 6) is -4.58. The number of hydrogen-bond donors (Lipinski definition) is 11. The van der Waals surface area contributed by atoms with Crippen LogP contribution in [0, 0.1) is 0 Å². The minimum atomic E-state index is -2.00. The predicted molar refractivity (Wildman–Crippen MR) is 156 cm³/mol. The van der Waals surface area contributed by atoms with Crippen LogP contribution in [-0.2, 0) is 33.3 Å². The Morgan fingerprint density at radius 2 is 1.51 bits per heavy atom. The van der Waals surface area contributed by atoms with Crippen molar-refractivity contribution in [3.63, 3.8) is 0 Å². The van der Waals surface area contributed by atoms with E-state index in [1.54, 1.807) is 0 Å². The highest BCUT2D eigenvalue weighted by atomic mass is 16.7. The van der Waals surface area contributed by atoms with Gasteiger partial charge in [-0.05, 0) is 18.2 Å². The number of hydrogen-bond acceptors (Lipinski definition) is 17. The second-order valence-electron chi connectivity index (χ2n) is 11.4. The van der Waals surface area contributed by atoms with Crippen molar-refractivity contribution in [2.24, 2.45) is 0 Å². The lowest BCUT2D eigenvalue weighted by Gasteiger charge is -2.46. The third-order valence-electron chi connectivity index (χ3n) is 8.00. The number of carboxylic acids is 1. The van der Waals surface area contributed by atoms with E-state index in [1.807, 2.05) is 0 Å². The first-order valence-corrected chi connectivity index (χ1v) is 14.7. The molecule has 2 aromatic carbocycles. The van der Waals surface area contributed by atoms with Crippen molar-refractivity contribution in [3.8, 4) is 28.7 Å². The van der Waals surface area contributed by atoms with Crippen LogP contribution in [0.3, 0.4) is 0 Å². The lowest BCUT2D eigenvalue weighted by molar-refractivity contribution is -0.358. The highest BCUT2D eigenvalue weighted by molar-refractivity contribution is 5.90. The van der Waals surface area contributed by atoms with E-state index in [0.717, 1.165) is 18.2 Å². The molecule has 19 heteroatoms. The Hall–Kier alpha value is -4.44. The summed E-state index contributed by atoms with van der Waals surface area (Å²) in [6.45, 7) is -1.63. The summed E-state index contributed by atoms with van der Waals surface area (Å²) < 4.78 is 32.1. The van der Waals surface area contributed by atoms with Crippen LogP contribution in [0.4, 0.5) is 0 Å². The Labute approximate surface area is 275 Å². The van der Waals surface area contributed by atoms with Gasteiger partial charge in [-0.25, -0.2) is 0 Å². The zero-order valence-electron chi connectivity index (χ0n) is 25.2. The molecule has 5 rings (SSSR count). The molecule has 12 N–H and O–H groups in total. The number of carbonyl (C=O) groups is 2. The molecule has 2 fully saturated rings. The summed E-state index contributed by atoms with van der Waals surface area (Å²) in [5.41, 5.74) is 0.249. The Kier molecular flexibility index (Phi) is 10.7. The molecule has 0 aliphatic carbocycles. The fourth-order valence-electron chi connectivity index (χ4n) is 5.45. The maximum atomic E-state index is 12.0. The van der Waals surface area contributed by atoms with Gasteiger partial charge in [-0.15, -0.1) is 0 Å². The van der Waals surface area contributed by atoms with Gasteiger partial charge in [0.1, 0.15) is 78.9 Å². The first-order valence-electron chi connectivity index (χ1n) is 14.7. The fraction of sp³-hybridized carbons (Fsp3) is 0.467. The molecular formula is C30H35O19+. The van der Waals surface area contributed by atoms with E-state index in [-0.39, 0.29) is 28.4 Å². The van der Waals surface area contributed by atoms with Gasteiger partial charge < -0.3 is 84.6 Å². The van der Waals surface area contributed by atoms with E-state index >= 15 is 0 Å². The van der Waals surface area contributed by atoms with Gasteiger partial charge in [-0.2, -0.15) is 0 Å². The number of aliphatic hydroxyl groups excluding tert-OH is 6. The van der Waals surface area contributed by atoms with Crippen molar-refractivity contribution in [1.82, 2.24) is 0 Å². The third-order valence-corrected chi connectivity index (χ3v) is 8.00. The molecule has 0 aromatic heterocycles. The Balaban J connectivity index is 1.49. The molecule has 0 saturated carbocycles. The third kappa shape index (κ3) is 7.59. The van der Waals surface area contributed by atoms with Crippen LogP contribution in [0.1, 0.15) is 23.7 Å². The SMILES string of the molecule is O=C(O)CC(=O)OC[C@H]1O[C@@H](OC2=Cc3c(O)cc(O)cc3[OH+]C2c2ccc(O)c(O)c2)[C@H](O)[C@@H](O[C@@H]2O[C@H](CO)[C@@H](O)[C@H](O)[C@H]2O)[C@@H]1O. The van der Waals surface area contributed by atoms with Crippen molar-refractivity contribution in [2.45, 2.75) is 73.9 Å². The lowest BCUT2D eigenvalue weighted by atomic mass is 9.96. The number of ether oxygens (including phenoxy) is 6. The van der Waals surface area contributed by atoms with E-state index in [1.165, 1.54) is 18.2 Å². The van der Waals surface area contributed by atoms with E-state index < -0.39 is 116 Å². The molecule has 1 unspecified atom stereocenters. The first-order chi connectivity index (χ1) is 23.2. The maximum absolute atomic E-state index is 12.0. The standard InChI is InChI=1S/C30H34O19/c31-8-18-22(39)24(41)25(42)29(47-18)49-28-23(40)19(9-44-21(38)7-20(36)37)48-30(26(28)43)46-17-6-12-14(34)4-11(32)5-16(12)45-27(17)10-1-2-13(33)15(35)3-10/h1-6,18-19,22-35,39-43H,7-9H2,(H,36,37)/p+1/t18-,19-,22-,23-,24+,25-,26-,27?,28+,29+,30-/m1/s1. The number of phenols is 4. The van der Waals surface area contributed by atoms with Crippen LogP contribution in [-0.4, -0.2) is 147 Å². The van der Waals surface area contributed by atoms with Gasteiger partial charge >= 0.3 is 11.9 Å². The van der Waals surface area contributed by atoms with Crippen LogP contribution >= 0.6 is 0 Å². The lowest BCUT2D eigenvalue weighted by Crippen LogP contribution is -2.65. The fourth-order valence-corrected chi connectivity index (χ4v) is 5.45. The van der Waals surface area contributed by atoms with Gasteiger partial charge in [0, 0.05) is 12.1 Å². The molecule has 19 nitrogen and oxygen atoms in total. The minimum absolute atomic E-state index is 0.0469. The maximum Gasteiger partial charge on any atom is 0.317 e. The van der Waals surface area contributed by atoms with Crippen molar-refractivity contribution < 1.29 is 94.2 Å². The second-order valence-corrected chi connectivity index (χ2v) is 11.4. The molecule has 0 spiro atoms. The average Bonchev–Trinajstić information content (AvgIpc) is 3.04. The number of carbonyl (C=O) groups excluding carboxylic acids is 1. The number of aliphatic carboxylic acids is 1. The van der Waals surface area contributed by atoms with Gasteiger partial charge in [0.25, 0.3) is 11.9 Å². The van der Waals surface area contributed by atoms with Crippen LogP contribution in [0.5, 0.6) is 28.7 Å². The highest BCUT2D eigenvalue weighted by Crippen LogP contribution is 2.46. The molecule has 268 valence electrons. The van der Waals surface area contributed by atoms with Gasteiger partial charge in [-0.1, -0.05) is 0 Å². The van der Waals surface area contributed by atoms with E-state index in [2.05, 4.69) is 4.74 Å². The minimum Gasteiger partial charge on any atom is -0.571 e. The van der Waals surface area contributed by atoms with Crippen LogP contribution in [0.15, 0.2) is 36.1 Å². The number of fused-ring (bicyclic) bond motifs is 1. The van der Waals surface area contributed by atoms with Crippen LogP contribution in [0.2, 0.25) is 0 Å². The zero-order chi connectivity index (χ0) is 35.7. The molecule has 2 saturated heterocycles. The van der Waals surface area contributed by atoms with Crippen LogP contribution in [0.25, 0.3) is 6.08 Å². The second kappa shape index (κ2) is 14.6. The quantitative estimate of drug-likeness (QED) is 0.0529. The summed E-state index contributed by atoms with van der Waals surface area (Å²) in [6, 6.07) is 5.91. The average molecular weight is 700 g/mol. The number of phenolic OH excluding ortho intramolecular Hbond substituents is 4. The molecule has 0 bridgehead atoms. The Bertz CT molecular complexity index is 1560. The van der Waals surface area contributed by atoms with Crippen molar-refractivity contribution >= 4 is 18.0 Å². The molecule has 3 aliphatic heterocycles. The molecule has 49 heavy (non-hydrogen) atoms. The highest BCUT2D eigenvalue weighted by Gasteiger charge is 2.52. The smallest absolute Gasteiger partial charge is 0.317 e. The van der Waals surface area contributed by atoms with Gasteiger partial charge in [-0.3, -0.25) is 9.59 Å². The van der Waals surface area contributed by atoms with Gasteiger partial charge in [0.2, 0.25) is 6.29 Å². The largest absolute Gasteiger partial charge is 0.571 e. The number of aromatic hydroxyl groups is 5. The normalized spacial score (nSPS) is 32.7. The Morgan fingerprint density at radius 1 is 0.796 bits per heavy atom. The summed E-state index contributed by atoms with van der Waals surface area (Å²) in [4.78, 5) is 22.9. The van der Waals surface area contributed by atoms with Crippen molar-refractivity contribution in [3.05, 3.63) is 47.2 Å². The number of benzene rings is 2. The van der Waals surface area contributed by atoms with Gasteiger partial charge in [0.15, 0.2) is 23.5 Å². The number of aliphatic hydroxyl groups is 7. The summed E-state index contributed by atoms with van der Waals surface area (Å²) >= 11 is 0. The summed E-state index contributed by atoms with van der Waals surface area (Å²) in [6.07, 6.45) is -19.1. The molecular weight excluding hydrogens is 664 g/mol. The van der Waals surface area contributed by atoms with Crippen molar-refractivity contribution in [2.75, 3.05) is 13.2 Å². The monoisotopic (exact) mass is 699 g/mol. The van der Waals surface area contributed by atoms with E-state index in [9.17, 15) is 60.7 Å². The number of carboxylic acid groups (broad SMARTS) is 1. The van der Waals surface area contributed by atoms with Gasteiger partial charge in [0.05, 0.1) is 18.2 Å². The Morgan fingerprint density at radius 3 is 2.18 bits per heavy atom. The molecule has 3 aliphatic rings. The topological polar surface area (TPSA) is 316 Å². The molecule has 2 aromatic rings. The molecule has 0 amide bonds. The summed E-state index contributed by atoms with van der Waals surface area (Å²) in [5, 5.41) is 112. The zero-order valence-corrected chi connectivity index (χ0v) is 25.2. The van der Waals surface area contributed by atoms with Crippen LogP contribution < -0.4 is 0 Å². The van der Waals surface area contributed by atoms with Crippen molar-refractivity contribution in [1.29, 1.82) is 0 Å². The predicted octanol–water partition coefficient (Wildman–Crippen LogP) is -2.49. The number of rotatable bonds is 10. The van der Waals surface area contributed by atoms with E-state index in [0.29, 0.717) is 0 Å². The molecule has 0 radical (unpaired) electrons.